The van der Waals surface area contributed by atoms with E-state index in [1.54, 1.807) is 11.8 Å². The lowest BCUT2D eigenvalue weighted by Crippen LogP contribution is -2.39. The van der Waals surface area contributed by atoms with E-state index >= 15 is 0 Å². The lowest BCUT2D eigenvalue weighted by molar-refractivity contribution is -0.113. The number of amides is 1. The van der Waals surface area contributed by atoms with E-state index in [9.17, 15) is 4.79 Å². The standard InChI is InChI=1S/C11H12N2OS/c14-11-6-15-10-3-7(8-4-12-5-8)1-2-9(10)13-11/h1-3,8,12H,4-6H2,(H,13,14). The fourth-order valence-corrected chi connectivity index (χ4v) is 2.72. The predicted molar refractivity (Wildman–Crippen MR) is 61.4 cm³/mol. The third kappa shape index (κ3) is 1.64. The summed E-state index contributed by atoms with van der Waals surface area (Å²) in [5.41, 5.74) is 2.35. The van der Waals surface area contributed by atoms with Crippen molar-refractivity contribution in [3.63, 3.8) is 0 Å². The first-order chi connectivity index (χ1) is 7.33. The maximum Gasteiger partial charge on any atom is 0.234 e. The Hall–Kier alpha value is -1.00. The number of anilines is 1. The van der Waals surface area contributed by atoms with Crippen LogP contribution in [-0.4, -0.2) is 24.7 Å². The molecule has 2 aliphatic rings. The Kier molecular flexibility index (Phi) is 2.18. The summed E-state index contributed by atoms with van der Waals surface area (Å²) in [4.78, 5) is 12.4. The average Bonchev–Trinajstić information content (AvgIpc) is 2.15. The van der Waals surface area contributed by atoms with Crippen molar-refractivity contribution in [2.45, 2.75) is 10.8 Å². The maximum absolute atomic E-state index is 11.2. The normalized spacial score (nSPS) is 20.4. The van der Waals surface area contributed by atoms with Crippen LogP contribution in [0.2, 0.25) is 0 Å². The van der Waals surface area contributed by atoms with Gasteiger partial charge in [0.2, 0.25) is 5.91 Å². The molecule has 1 amide bonds. The number of rotatable bonds is 1. The number of fused-ring (bicyclic) bond motifs is 1. The number of thioether (sulfide) groups is 1. The van der Waals surface area contributed by atoms with Crippen LogP contribution in [0.15, 0.2) is 23.1 Å². The number of hydrogen-bond donors (Lipinski definition) is 2. The molecule has 3 nitrogen and oxygen atoms in total. The zero-order valence-electron chi connectivity index (χ0n) is 8.25. The van der Waals surface area contributed by atoms with Crippen molar-refractivity contribution in [1.29, 1.82) is 0 Å². The molecule has 1 saturated heterocycles. The van der Waals surface area contributed by atoms with Gasteiger partial charge in [-0.2, -0.15) is 0 Å². The van der Waals surface area contributed by atoms with E-state index in [0.29, 0.717) is 11.7 Å². The predicted octanol–water partition coefficient (Wildman–Crippen LogP) is 1.42. The molecule has 3 rings (SSSR count). The molecule has 78 valence electrons. The first-order valence-corrected chi connectivity index (χ1v) is 6.09. The topological polar surface area (TPSA) is 41.1 Å². The monoisotopic (exact) mass is 220 g/mol. The summed E-state index contributed by atoms with van der Waals surface area (Å²) in [5, 5.41) is 6.16. The minimum atomic E-state index is 0.102. The zero-order valence-corrected chi connectivity index (χ0v) is 9.06. The second-order valence-corrected chi connectivity index (χ2v) is 4.96. The highest BCUT2D eigenvalue weighted by Gasteiger charge is 2.21. The minimum absolute atomic E-state index is 0.102. The third-order valence-electron chi connectivity index (χ3n) is 2.89. The number of carbonyl (C=O) groups excluding carboxylic acids is 1. The summed E-state index contributed by atoms with van der Waals surface area (Å²) >= 11 is 1.63. The van der Waals surface area contributed by atoms with Gasteiger partial charge in [-0.05, 0) is 17.7 Å². The maximum atomic E-state index is 11.2. The van der Waals surface area contributed by atoms with Gasteiger partial charge in [-0.3, -0.25) is 4.79 Å². The first kappa shape index (κ1) is 9.24. The van der Waals surface area contributed by atoms with Crippen LogP contribution in [0.3, 0.4) is 0 Å². The second-order valence-electron chi connectivity index (χ2n) is 3.95. The van der Waals surface area contributed by atoms with Crippen molar-refractivity contribution < 1.29 is 4.79 Å². The molecule has 1 fully saturated rings. The molecule has 1 aromatic carbocycles. The second kappa shape index (κ2) is 3.54. The molecule has 0 atom stereocenters. The van der Waals surface area contributed by atoms with Gasteiger partial charge in [-0.25, -0.2) is 0 Å². The van der Waals surface area contributed by atoms with Gasteiger partial charge in [-0.1, -0.05) is 6.07 Å². The van der Waals surface area contributed by atoms with Crippen LogP contribution in [-0.2, 0) is 4.79 Å². The van der Waals surface area contributed by atoms with Gasteiger partial charge >= 0.3 is 0 Å². The Morgan fingerprint density at radius 2 is 2.20 bits per heavy atom. The van der Waals surface area contributed by atoms with Crippen LogP contribution in [0.5, 0.6) is 0 Å². The molecule has 0 unspecified atom stereocenters. The molecular formula is C11H12N2OS. The highest BCUT2D eigenvalue weighted by atomic mass is 32.2. The Morgan fingerprint density at radius 1 is 1.33 bits per heavy atom. The lowest BCUT2D eigenvalue weighted by atomic mass is 9.94. The highest BCUT2D eigenvalue weighted by molar-refractivity contribution is 8.00. The molecule has 0 aliphatic carbocycles. The van der Waals surface area contributed by atoms with Gasteiger partial charge in [0.15, 0.2) is 0 Å². The van der Waals surface area contributed by atoms with E-state index in [1.807, 2.05) is 6.07 Å². The third-order valence-corrected chi connectivity index (χ3v) is 3.95. The number of nitrogens with one attached hydrogen (secondary N) is 2. The highest BCUT2D eigenvalue weighted by Crippen LogP contribution is 2.34. The molecule has 0 aromatic heterocycles. The lowest BCUT2D eigenvalue weighted by Gasteiger charge is -2.28. The Labute approximate surface area is 92.6 Å². The van der Waals surface area contributed by atoms with E-state index in [4.69, 9.17) is 0 Å². The van der Waals surface area contributed by atoms with Gasteiger partial charge in [0, 0.05) is 23.9 Å². The number of benzene rings is 1. The van der Waals surface area contributed by atoms with Crippen molar-refractivity contribution in [2.75, 3.05) is 24.2 Å². The van der Waals surface area contributed by atoms with E-state index in [-0.39, 0.29) is 5.91 Å². The van der Waals surface area contributed by atoms with Gasteiger partial charge in [0.1, 0.15) is 0 Å². The van der Waals surface area contributed by atoms with Crippen LogP contribution in [0, 0.1) is 0 Å². The molecule has 2 heterocycles. The molecular weight excluding hydrogens is 208 g/mol. The van der Waals surface area contributed by atoms with Crippen LogP contribution in [0.25, 0.3) is 0 Å². The van der Waals surface area contributed by atoms with Crippen LogP contribution in [0.1, 0.15) is 11.5 Å². The van der Waals surface area contributed by atoms with Crippen molar-refractivity contribution in [3.05, 3.63) is 23.8 Å². The first-order valence-electron chi connectivity index (χ1n) is 5.10. The van der Waals surface area contributed by atoms with Gasteiger partial charge in [-0.15, -0.1) is 11.8 Å². The summed E-state index contributed by atoms with van der Waals surface area (Å²) in [7, 11) is 0. The molecule has 0 spiro atoms. The largest absolute Gasteiger partial charge is 0.324 e. The molecule has 0 saturated carbocycles. The van der Waals surface area contributed by atoms with Crippen LogP contribution < -0.4 is 10.6 Å². The quantitative estimate of drug-likeness (QED) is 0.752. The molecule has 15 heavy (non-hydrogen) atoms. The van der Waals surface area contributed by atoms with Crippen molar-refractivity contribution in [2.24, 2.45) is 0 Å². The molecule has 0 radical (unpaired) electrons. The summed E-state index contributed by atoms with van der Waals surface area (Å²) in [6.07, 6.45) is 0. The van der Waals surface area contributed by atoms with E-state index in [2.05, 4.69) is 22.8 Å². The summed E-state index contributed by atoms with van der Waals surface area (Å²) in [6.45, 7) is 2.16. The molecule has 2 N–H and O–H groups in total. The Morgan fingerprint density at radius 3 is 2.93 bits per heavy atom. The molecule has 4 heteroatoms. The molecule has 2 aliphatic heterocycles. The SMILES string of the molecule is O=C1CSc2cc(C3CNC3)ccc2N1. The smallest absolute Gasteiger partial charge is 0.234 e. The van der Waals surface area contributed by atoms with E-state index < -0.39 is 0 Å². The summed E-state index contributed by atoms with van der Waals surface area (Å²) in [6, 6.07) is 6.36. The number of carbonyl (C=O) groups is 1. The fourth-order valence-electron chi connectivity index (χ4n) is 1.87. The van der Waals surface area contributed by atoms with Crippen molar-refractivity contribution in [3.8, 4) is 0 Å². The van der Waals surface area contributed by atoms with E-state index in [1.165, 1.54) is 10.5 Å². The van der Waals surface area contributed by atoms with Gasteiger partial charge < -0.3 is 10.6 Å². The van der Waals surface area contributed by atoms with Crippen molar-refractivity contribution in [1.82, 2.24) is 5.32 Å². The molecule has 1 aromatic rings. The van der Waals surface area contributed by atoms with Crippen LogP contribution >= 0.6 is 11.8 Å². The summed E-state index contributed by atoms with van der Waals surface area (Å²) in [5.74, 6) is 1.30. The van der Waals surface area contributed by atoms with E-state index in [0.717, 1.165) is 18.8 Å². The molecule has 0 bridgehead atoms. The van der Waals surface area contributed by atoms with Crippen LogP contribution in [0.4, 0.5) is 5.69 Å². The Balaban J connectivity index is 1.92. The van der Waals surface area contributed by atoms with Gasteiger partial charge in [0.25, 0.3) is 0 Å². The van der Waals surface area contributed by atoms with Gasteiger partial charge in [0.05, 0.1) is 11.4 Å². The number of hydrogen-bond acceptors (Lipinski definition) is 3. The zero-order chi connectivity index (χ0) is 10.3. The minimum Gasteiger partial charge on any atom is -0.324 e. The van der Waals surface area contributed by atoms with Crippen molar-refractivity contribution >= 4 is 23.4 Å². The summed E-state index contributed by atoms with van der Waals surface area (Å²) < 4.78 is 0. The Bertz CT molecular complexity index is 415. The average molecular weight is 220 g/mol. The fraction of sp³-hybridized carbons (Fsp3) is 0.364.